The maximum atomic E-state index is 14.9. The summed E-state index contributed by atoms with van der Waals surface area (Å²) < 4.78 is 31.7. The topological polar surface area (TPSA) is 112 Å². The highest BCUT2D eigenvalue weighted by Gasteiger charge is 2.20. The van der Waals surface area contributed by atoms with Crippen molar-refractivity contribution in [2.24, 2.45) is 0 Å². The van der Waals surface area contributed by atoms with Gasteiger partial charge in [-0.05, 0) is 44.5 Å². The number of imidazole rings is 1. The number of nitrogens with one attached hydrogen (secondary N) is 1. The molecule has 0 aliphatic carbocycles. The first-order chi connectivity index (χ1) is 18.7. The van der Waals surface area contributed by atoms with Gasteiger partial charge in [0.05, 0.1) is 18.3 Å². The molecule has 1 fully saturated rings. The van der Waals surface area contributed by atoms with E-state index in [-0.39, 0.29) is 35.3 Å². The number of fused-ring (bicyclic) bond motifs is 1. The number of benzene rings is 1. The van der Waals surface area contributed by atoms with Gasteiger partial charge < -0.3 is 15.0 Å². The van der Waals surface area contributed by atoms with Crippen molar-refractivity contribution < 1.29 is 18.7 Å². The highest BCUT2D eigenvalue weighted by molar-refractivity contribution is 5.83. The fraction of sp³-hybridized carbons (Fsp3) is 0.370. The van der Waals surface area contributed by atoms with E-state index in [1.165, 1.54) is 6.07 Å². The van der Waals surface area contributed by atoms with Crippen LogP contribution in [0.5, 0.6) is 0 Å². The fourth-order valence-electron chi connectivity index (χ4n) is 4.95. The van der Waals surface area contributed by atoms with Crippen LogP contribution in [-0.2, 0) is 11.3 Å². The Morgan fingerprint density at radius 3 is 2.44 bits per heavy atom. The molecule has 5 rings (SSSR count). The minimum Gasteiger partial charge on any atom is -0.480 e. The van der Waals surface area contributed by atoms with Crippen LogP contribution in [0, 0.1) is 18.6 Å². The number of nitrogens with zero attached hydrogens (tertiary/aromatic N) is 7. The molecule has 1 aliphatic heterocycles. The molecule has 0 amide bonds. The third-order valence-electron chi connectivity index (χ3n) is 6.75. The molecule has 3 aromatic heterocycles. The highest BCUT2D eigenvalue weighted by atomic mass is 19.1. The van der Waals surface area contributed by atoms with Crippen LogP contribution in [0.25, 0.3) is 22.3 Å². The van der Waals surface area contributed by atoms with Gasteiger partial charge >= 0.3 is 5.97 Å². The number of hydrogen-bond donors (Lipinski definition) is 2. The molecule has 0 radical (unpaired) electrons. The van der Waals surface area contributed by atoms with Gasteiger partial charge in [0, 0.05) is 50.5 Å². The second-order valence-electron chi connectivity index (χ2n) is 9.96. The van der Waals surface area contributed by atoms with Crippen molar-refractivity contribution in [2.75, 3.05) is 38.0 Å². The van der Waals surface area contributed by atoms with Crippen LogP contribution in [-0.4, -0.2) is 78.1 Å². The Bertz CT molecular complexity index is 1500. The van der Waals surface area contributed by atoms with Crippen molar-refractivity contribution in [1.29, 1.82) is 0 Å². The van der Waals surface area contributed by atoms with E-state index < -0.39 is 17.6 Å². The molecule has 1 saturated heterocycles. The zero-order chi connectivity index (χ0) is 27.7. The van der Waals surface area contributed by atoms with Crippen LogP contribution in [0.2, 0.25) is 0 Å². The Balaban J connectivity index is 1.30. The number of aliphatic carboxylic acids is 1. The van der Waals surface area contributed by atoms with Gasteiger partial charge in [-0.15, -0.1) is 0 Å². The SMILES string of the molecule is Cc1nc2c(F)cc(-c3nc(Nc4ccc(CN5CCN(CC(=O)O)CC5)cn4)ncc3F)cc2n1C(C)C. The number of anilines is 2. The van der Waals surface area contributed by atoms with Gasteiger partial charge in [-0.3, -0.25) is 14.6 Å². The third kappa shape index (κ3) is 5.86. The van der Waals surface area contributed by atoms with E-state index in [2.05, 4.69) is 30.2 Å². The number of rotatable bonds is 8. The van der Waals surface area contributed by atoms with Crippen molar-refractivity contribution in [3.63, 3.8) is 0 Å². The molecular weight excluding hydrogens is 506 g/mol. The average Bonchev–Trinajstić information content (AvgIpc) is 3.24. The van der Waals surface area contributed by atoms with Crippen LogP contribution < -0.4 is 5.32 Å². The van der Waals surface area contributed by atoms with Crippen LogP contribution in [0.1, 0.15) is 31.3 Å². The summed E-state index contributed by atoms with van der Waals surface area (Å²) in [5.74, 6) is -0.726. The average molecular weight is 537 g/mol. The van der Waals surface area contributed by atoms with Crippen molar-refractivity contribution in [2.45, 2.75) is 33.4 Å². The lowest BCUT2D eigenvalue weighted by Crippen LogP contribution is -2.47. The van der Waals surface area contributed by atoms with Crippen LogP contribution in [0.4, 0.5) is 20.5 Å². The quantitative estimate of drug-likeness (QED) is 0.345. The van der Waals surface area contributed by atoms with E-state index in [1.807, 2.05) is 36.3 Å². The smallest absolute Gasteiger partial charge is 0.317 e. The second-order valence-corrected chi connectivity index (χ2v) is 9.96. The standard InChI is InChI=1S/C27H30F2N8O2/c1-16(2)37-17(3)32-26-20(28)10-19(11-22(26)37)25-21(29)13-31-27(34-25)33-23-5-4-18(12-30-23)14-35-6-8-36(9-7-35)15-24(38)39/h4-5,10-13,16H,6-9,14-15H2,1-3H3,(H,38,39)(H,30,31,33,34). The molecule has 39 heavy (non-hydrogen) atoms. The number of aromatic nitrogens is 5. The number of pyridine rings is 1. The first-order valence-electron chi connectivity index (χ1n) is 12.8. The van der Waals surface area contributed by atoms with E-state index in [0.717, 1.165) is 24.8 Å². The molecule has 0 saturated carbocycles. The summed E-state index contributed by atoms with van der Waals surface area (Å²) in [5, 5.41) is 11.9. The molecule has 0 unspecified atom stereocenters. The maximum Gasteiger partial charge on any atom is 0.317 e. The first kappa shape index (κ1) is 26.6. The lowest BCUT2D eigenvalue weighted by Gasteiger charge is -2.33. The Morgan fingerprint density at radius 2 is 1.77 bits per heavy atom. The predicted octanol–water partition coefficient (Wildman–Crippen LogP) is 4.00. The summed E-state index contributed by atoms with van der Waals surface area (Å²) in [7, 11) is 0. The van der Waals surface area contributed by atoms with Gasteiger partial charge in [0.1, 0.15) is 22.9 Å². The van der Waals surface area contributed by atoms with Crippen molar-refractivity contribution >= 4 is 28.8 Å². The van der Waals surface area contributed by atoms with Crippen LogP contribution in [0.15, 0.2) is 36.7 Å². The monoisotopic (exact) mass is 536 g/mol. The van der Waals surface area contributed by atoms with Crippen molar-refractivity contribution in [3.8, 4) is 11.3 Å². The summed E-state index contributed by atoms with van der Waals surface area (Å²) >= 11 is 0. The predicted molar refractivity (Wildman–Crippen MR) is 143 cm³/mol. The molecule has 2 N–H and O–H groups in total. The molecule has 1 aromatic carbocycles. The van der Waals surface area contributed by atoms with Gasteiger partial charge in [-0.1, -0.05) is 6.07 Å². The molecule has 12 heteroatoms. The minimum absolute atomic E-state index is 0.0267. The first-order valence-corrected chi connectivity index (χ1v) is 12.8. The van der Waals surface area contributed by atoms with E-state index in [9.17, 15) is 13.6 Å². The molecule has 4 aromatic rings. The summed E-state index contributed by atoms with van der Waals surface area (Å²) in [6, 6.07) is 6.71. The van der Waals surface area contributed by atoms with Gasteiger partial charge in [0.25, 0.3) is 0 Å². The third-order valence-corrected chi connectivity index (χ3v) is 6.75. The maximum absolute atomic E-state index is 14.9. The second kappa shape index (κ2) is 11.0. The Kier molecular flexibility index (Phi) is 7.49. The largest absolute Gasteiger partial charge is 0.480 e. The van der Waals surface area contributed by atoms with E-state index in [4.69, 9.17) is 5.11 Å². The Hall–Kier alpha value is -4.03. The van der Waals surface area contributed by atoms with Gasteiger partial charge in [0.2, 0.25) is 5.95 Å². The molecule has 204 valence electrons. The lowest BCUT2D eigenvalue weighted by molar-refractivity contribution is -0.138. The summed E-state index contributed by atoms with van der Waals surface area (Å²) in [4.78, 5) is 32.2. The molecular formula is C27H30F2N8O2. The molecule has 4 heterocycles. The van der Waals surface area contributed by atoms with Gasteiger partial charge in [-0.25, -0.2) is 28.7 Å². The van der Waals surface area contributed by atoms with Gasteiger partial charge in [0.15, 0.2) is 11.6 Å². The van der Waals surface area contributed by atoms with Crippen LogP contribution >= 0.6 is 0 Å². The number of aryl methyl sites for hydroxylation is 1. The van der Waals surface area contributed by atoms with E-state index in [0.29, 0.717) is 36.8 Å². The number of halogens is 2. The lowest BCUT2D eigenvalue weighted by atomic mass is 10.1. The Labute approximate surface area is 224 Å². The normalized spacial score (nSPS) is 14.8. The number of carboxylic acids is 1. The van der Waals surface area contributed by atoms with Crippen molar-refractivity contribution in [1.82, 2.24) is 34.3 Å². The summed E-state index contributed by atoms with van der Waals surface area (Å²) in [6.07, 6.45) is 2.80. The van der Waals surface area contributed by atoms with Gasteiger partial charge in [-0.2, -0.15) is 0 Å². The Morgan fingerprint density at radius 1 is 1.03 bits per heavy atom. The molecule has 0 atom stereocenters. The van der Waals surface area contributed by atoms with E-state index in [1.54, 1.807) is 18.3 Å². The highest BCUT2D eigenvalue weighted by Crippen LogP contribution is 2.30. The molecule has 0 bridgehead atoms. The van der Waals surface area contributed by atoms with Crippen molar-refractivity contribution in [3.05, 3.63) is 59.7 Å². The number of carboxylic acid groups (broad SMARTS) is 1. The molecule has 0 spiro atoms. The zero-order valence-corrected chi connectivity index (χ0v) is 22.0. The van der Waals surface area contributed by atoms with Crippen LogP contribution in [0.3, 0.4) is 0 Å². The van der Waals surface area contributed by atoms with E-state index >= 15 is 0 Å². The molecule has 10 nitrogen and oxygen atoms in total. The number of carbonyl (C=O) groups is 1. The zero-order valence-electron chi connectivity index (χ0n) is 22.0. The minimum atomic E-state index is -0.810. The summed E-state index contributed by atoms with van der Waals surface area (Å²) in [6.45, 7) is 9.51. The molecule has 1 aliphatic rings. The number of piperazine rings is 1. The fourth-order valence-corrected chi connectivity index (χ4v) is 4.95. The summed E-state index contributed by atoms with van der Waals surface area (Å²) in [5.41, 5.74) is 2.08. The number of hydrogen-bond acceptors (Lipinski definition) is 8.